The predicted molar refractivity (Wildman–Crippen MR) is 50.5 cm³/mol. The lowest BCUT2D eigenvalue weighted by molar-refractivity contribution is -0.122. The Bertz CT molecular complexity index is 329. The number of nitrogens with zero attached hydrogens (tertiary/aromatic N) is 1. The molecule has 0 radical (unpaired) electrons. The molecule has 14 heavy (non-hydrogen) atoms. The molecule has 4 heteroatoms. The van der Waals surface area contributed by atoms with Gasteiger partial charge >= 0.3 is 0 Å². The van der Waals surface area contributed by atoms with Crippen molar-refractivity contribution < 1.29 is 9.21 Å². The van der Waals surface area contributed by atoms with Crippen molar-refractivity contribution in [3.05, 3.63) is 17.8 Å². The Morgan fingerprint density at radius 2 is 2.50 bits per heavy atom. The first-order valence-electron chi connectivity index (χ1n) is 5.01. The van der Waals surface area contributed by atoms with Gasteiger partial charge in [-0.05, 0) is 12.8 Å². The monoisotopic (exact) mass is 194 g/mol. The van der Waals surface area contributed by atoms with Gasteiger partial charge in [0.1, 0.15) is 5.76 Å². The molecule has 4 nitrogen and oxygen atoms in total. The van der Waals surface area contributed by atoms with Crippen molar-refractivity contribution in [2.45, 2.75) is 32.7 Å². The van der Waals surface area contributed by atoms with E-state index in [1.54, 1.807) is 6.20 Å². The molecule has 0 aliphatic heterocycles. The first-order chi connectivity index (χ1) is 6.79. The van der Waals surface area contributed by atoms with Crippen molar-refractivity contribution in [3.63, 3.8) is 0 Å². The van der Waals surface area contributed by atoms with Crippen LogP contribution in [0.3, 0.4) is 0 Å². The molecule has 1 aromatic rings. The van der Waals surface area contributed by atoms with E-state index in [1.165, 1.54) is 0 Å². The highest BCUT2D eigenvalue weighted by Crippen LogP contribution is 2.28. The Morgan fingerprint density at radius 1 is 1.71 bits per heavy atom. The Hall–Kier alpha value is -1.32. The van der Waals surface area contributed by atoms with E-state index in [9.17, 15) is 4.79 Å². The number of aryl methyl sites for hydroxylation is 1. The Labute approximate surface area is 82.7 Å². The molecule has 2 rings (SSSR count). The van der Waals surface area contributed by atoms with Crippen molar-refractivity contribution in [1.82, 2.24) is 10.3 Å². The molecule has 1 saturated carbocycles. The van der Waals surface area contributed by atoms with Crippen molar-refractivity contribution in [1.29, 1.82) is 0 Å². The molecule has 76 valence electrons. The summed E-state index contributed by atoms with van der Waals surface area (Å²) >= 11 is 0. The molecule has 1 heterocycles. The molecule has 0 atom stereocenters. The summed E-state index contributed by atoms with van der Waals surface area (Å²) in [4.78, 5) is 15.3. The van der Waals surface area contributed by atoms with Crippen molar-refractivity contribution in [2.24, 2.45) is 5.92 Å². The molecule has 1 aliphatic rings. The maximum Gasteiger partial charge on any atom is 0.223 e. The normalized spacial score (nSPS) is 15.5. The van der Waals surface area contributed by atoms with E-state index in [-0.39, 0.29) is 11.8 Å². The molecular weight excluding hydrogens is 180 g/mol. The second-order valence-electron chi connectivity index (χ2n) is 3.57. The second-order valence-corrected chi connectivity index (χ2v) is 3.57. The molecule has 1 amide bonds. The third-order valence-corrected chi connectivity index (χ3v) is 2.31. The molecule has 1 aromatic heterocycles. The minimum absolute atomic E-state index is 0.126. The van der Waals surface area contributed by atoms with Gasteiger partial charge in [0.15, 0.2) is 0 Å². The van der Waals surface area contributed by atoms with E-state index in [0.717, 1.165) is 25.0 Å². The van der Waals surface area contributed by atoms with Gasteiger partial charge in [-0.25, -0.2) is 4.98 Å². The molecule has 1 fully saturated rings. The zero-order chi connectivity index (χ0) is 9.97. The summed E-state index contributed by atoms with van der Waals surface area (Å²) < 4.78 is 5.36. The zero-order valence-corrected chi connectivity index (χ0v) is 8.25. The SMILES string of the molecule is CCc1cnc(CNC(=O)C2CC2)o1. The van der Waals surface area contributed by atoms with Gasteiger partial charge < -0.3 is 9.73 Å². The zero-order valence-electron chi connectivity index (χ0n) is 8.25. The summed E-state index contributed by atoms with van der Waals surface area (Å²) in [5, 5.41) is 2.80. The number of hydrogen-bond donors (Lipinski definition) is 1. The van der Waals surface area contributed by atoms with Gasteiger partial charge in [-0.1, -0.05) is 6.92 Å². The van der Waals surface area contributed by atoms with Gasteiger partial charge in [0, 0.05) is 12.3 Å². The molecule has 0 spiro atoms. The Balaban J connectivity index is 1.81. The number of oxazole rings is 1. The molecule has 1 aliphatic carbocycles. The molecule has 1 N–H and O–H groups in total. The van der Waals surface area contributed by atoms with Gasteiger partial charge in [-0.15, -0.1) is 0 Å². The van der Waals surface area contributed by atoms with E-state index in [2.05, 4.69) is 10.3 Å². The quantitative estimate of drug-likeness (QED) is 0.785. The van der Waals surface area contributed by atoms with E-state index < -0.39 is 0 Å². The van der Waals surface area contributed by atoms with Gasteiger partial charge in [0.05, 0.1) is 12.7 Å². The molecule has 0 unspecified atom stereocenters. The summed E-state index contributed by atoms with van der Waals surface area (Å²) in [6.45, 7) is 2.42. The number of aromatic nitrogens is 1. The summed E-state index contributed by atoms with van der Waals surface area (Å²) in [5.74, 6) is 1.83. The van der Waals surface area contributed by atoms with E-state index in [0.29, 0.717) is 12.4 Å². The molecular formula is C10H14N2O2. The number of carbonyl (C=O) groups excluding carboxylic acids is 1. The van der Waals surface area contributed by atoms with Crippen LogP contribution in [0.2, 0.25) is 0 Å². The van der Waals surface area contributed by atoms with Crippen LogP contribution in [0, 0.1) is 5.92 Å². The number of amides is 1. The Morgan fingerprint density at radius 3 is 3.07 bits per heavy atom. The molecule has 0 bridgehead atoms. The smallest absolute Gasteiger partial charge is 0.223 e. The van der Waals surface area contributed by atoms with Gasteiger partial charge in [-0.3, -0.25) is 4.79 Å². The number of rotatable bonds is 4. The highest BCUT2D eigenvalue weighted by molar-refractivity contribution is 5.80. The first-order valence-corrected chi connectivity index (χ1v) is 5.01. The largest absolute Gasteiger partial charge is 0.444 e. The average molecular weight is 194 g/mol. The van der Waals surface area contributed by atoms with Gasteiger partial charge in [-0.2, -0.15) is 0 Å². The van der Waals surface area contributed by atoms with Crippen molar-refractivity contribution in [2.75, 3.05) is 0 Å². The maximum absolute atomic E-state index is 11.3. The third kappa shape index (κ3) is 2.13. The molecule has 0 saturated heterocycles. The average Bonchev–Trinajstić information content (AvgIpc) is 2.94. The standard InChI is InChI=1S/C10H14N2O2/c1-2-8-5-11-9(14-8)6-12-10(13)7-3-4-7/h5,7H,2-4,6H2,1H3,(H,12,13). The maximum atomic E-state index is 11.3. The van der Waals surface area contributed by atoms with E-state index in [4.69, 9.17) is 4.42 Å². The summed E-state index contributed by atoms with van der Waals surface area (Å²) in [6.07, 6.45) is 4.59. The summed E-state index contributed by atoms with van der Waals surface area (Å²) in [6, 6.07) is 0. The third-order valence-electron chi connectivity index (χ3n) is 2.31. The molecule has 0 aromatic carbocycles. The van der Waals surface area contributed by atoms with Crippen LogP contribution in [-0.4, -0.2) is 10.9 Å². The van der Waals surface area contributed by atoms with Crippen LogP contribution in [0.1, 0.15) is 31.4 Å². The van der Waals surface area contributed by atoms with E-state index >= 15 is 0 Å². The van der Waals surface area contributed by atoms with Crippen LogP contribution in [0.25, 0.3) is 0 Å². The van der Waals surface area contributed by atoms with Crippen LogP contribution < -0.4 is 5.32 Å². The van der Waals surface area contributed by atoms with Crippen LogP contribution in [-0.2, 0) is 17.8 Å². The van der Waals surface area contributed by atoms with Crippen LogP contribution in [0.4, 0.5) is 0 Å². The fraction of sp³-hybridized carbons (Fsp3) is 0.600. The van der Waals surface area contributed by atoms with Crippen molar-refractivity contribution >= 4 is 5.91 Å². The number of nitrogens with one attached hydrogen (secondary N) is 1. The summed E-state index contributed by atoms with van der Waals surface area (Å²) in [5.41, 5.74) is 0. The highest BCUT2D eigenvalue weighted by atomic mass is 16.4. The van der Waals surface area contributed by atoms with E-state index in [1.807, 2.05) is 6.92 Å². The predicted octanol–water partition coefficient (Wildman–Crippen LogP) is 1.26. The second kappa shape index (κ2) is 3.82. The number of carbonyl (C=O) groups is 1. The highest BCUT2D eigenvalue weighted by Gasteiger charge is 2.29. The van der Waals surface area contributed by atoms with Crippen LogP contribution >= 0.6 is 0 Å². The van der Waals surface area contributed by atoms with Gasteiger partial charge in [0.25, 0.3) is 0 Å². The number of hydrogen-bond acceptors (Lipinski definition) is 3. The van der Waals surface area contributed by atoms with Crippen molar-refractivity contribution in [3.8, 4) is 0 Å². The van der Waals surface area contributed by atoms with Gasteiger partial charge in [0.2, 0.25) is 11.8 Å². The lowest BCUT2D eigenvalue weighted by atomic mass is 10.4. The fourth-order valence-electron chi connectivity index (χ4n) is 1.25. The van der Waals surface area contributed by atoms with Crippen LogP contribution in [0.15, 0.2) is 10.6 Å². The summed E-state index contributed by atoms with van der Waals surface area (Å²) in [7, 11) is 0. The fourth-order valence-corrected chi connectivity index (χ4v) is 1.25. The minimum atomic E-state index is 0.126. The minimum Gasteiger partial charge on any atom is -0.444 e. The first kappa shape index (κ1) is 9.24. The topological polar surface area (TPSA) is 55.1 Å². The lowest BCUT2D eigenvalue weighted by Crippen LogP contribution is -2.24. The Kier molecular flexibility index (Phi) is 2.52. The van der Waals surface area contributed by atoms with Crippen LogP contribution in [0.5, 0.6) is 0 Å². The lowest BCUT2D eigenvalue weighted by Gasteiger charge is -1.99.